The van der Waals surface area contributed by atoms with Gasteiger partial charge in [0.05, 0.1) is 13.2 Å². The molecule has 39 heavy (non-hydrogen) atoms. The Bertz CT molecular complexity index is 1230. The summed E-state index contributed by atoms with van der Waals surface area (Å²) in [6.07, 6.45) is 0.445. The molecule has 1 unspecified atom stereocenters. The topological polar surface area (TPSA) is 32.8 Å². The van der Waals surface area contributed by atoms with Crippen molar-refractivity contribution in [2.45, 2.75) is 25.1 Å². The smallest absolute Gasteiger partial charge is 0.223 e. The first kappa shape index (κ1) is 26.6. The number of rotatable bonds is 9. The van der Waals surface area contributed by atoms with Crippen LogP contribution in [0.1, 0.15) is 46.2 Å². The Labute approximate surface area is 230 Å². The Kier molecular flexibility index (Phi) is 8.69. The van der Waals surface area contributed by atoms with E-state index in [0.29, 0.717) is 25.1 Å². The monoisotopic (exact) mass is 522 g/mol. The van der Waals surface area contributed by atoms with Crippen LogP contribution in [-0.4, -0.2) is 49.0 Å². The molecular formula is C34H35FN2O2. The molecule has 5 rings (SSSR count). The quantitative estimate of drug-likeness (QED) is 0.248. The van der Waals surface area contributed by atoms with E-state index in [0.717, 1.165) is 41.1 Å². The highest BCUT2D eigenvalue weighted by Gasteiger charge is 2.29. The maximum Gasteiger partial charge on any atom is 0.223 e. The van der Waals surface area contributed by atoms with Gasteiger partial charge < -0.3 is 9.64 Å². The van der Waals surface area contributed by atoms with Crippen LogP contribution >= 0.6 is 0 Å². The second-order valence-corrected chi connectivity index (χ2v) is 10.0. The Hall–Kier alpha value is -3.96. The zero-order valence-corrected chi connectivity index (χ0v) is 22.4. The summed E-state index contributed by atoms with van der Waals surface area (Å²) in [6, 6.07) is 36.5. The average molecular weight is 523 g/mol. The fourth-order valence-corrected chi connectivity index (χ4v) is 5.52. The van der Waals surface area contributed by atoms with E-state index in [-0.39, 0.29) is 17.9 Å². The fraction of sp³-hybridized carbons (Fsp3) is 0.265. The van der Waals surface area contributed by atoms with E-state index < -0.39 is 6.67 Å². The third kappa shape index (κ3) is 6.37. The second kappa shape index (κ2) is 12.7. The van der Waals surface area contributed by atoms with Gasteiger partial charge in [0.1, 0.15) is 12.4 Å². The highest BCUT2D eigenvalue weighted by Crippen LogP contribution is 2.32. The summed E-state index contributed by atoms with van der Waals surface area (Å²) in [5.41, 5.74) is 5.26. The van der Waals surface area contributed by atoms with Crippen molar-refractivity contribution in [1.82, 2.24) is 9.80 Å². The van der Waals surface area contributed by atoms with Crippen molar-refractivity contribution in [1.29, 1.82) is 0 Å². The minimum atomic E-state index is -0.471. The predicted octanol–water partition coefficient (Wildman–Crippen LogP) is 6.62. The van der Waals surface area contributed by atoms with Gasteiger partial charge in [-0.3, -0.25) is 9.69 Å². The van der Waals surface area contributed by atoms with Gasteiger partial charge in [0.15, 0.2) is 0 Å². The number of piperazine rings is 1. The van der Waals surface area contributed by atoms with Crippen LogP contribution in [0.4, 0.5) is 4.39 Å². The molecule has 1 fully saturated rings. The molecular weight excluding hydrogens is 487 g/mol. The molecule has 200 valence electrons. The molecule has 0 bridgehead atoms. The second-order valence-electron chi connectivity index (χ2n) is 10.0. The van der Waals surface area contributed by atoms with Crippen molar-refractivity contribution in [2.24, 2.45) is 0 Å². The highest BCUT2D eigenvalue weighted by atomic mass is 19.1. The number of hydrogen-bond donors (Lipinski definition) is 0. The van der Waals surface area contributed by atoms with Crippen molar-refractivity contribution in [2.75, 3.05) is 33.3 Å². The molecule has 1 amide bonds. The van der Waals surface area contributed by atoms with Crippen LogP contribution in [-0.2, 0) is 11.5 Å². The molecule has 5 heteroatoms. The van der Waals surface area contributed by atoms with Gasteiger partial charge in [-0.15, -0.1) is 0 Å². The number of methoxy groups -OCH3 is 1. The summed E-state index contributed by atoms with van der Waals surface area (Å²) < 4.78 is 18.6. The maximum atomic E-state index is 13.6. The number of nitrogens with zero attached hydrogens (tertiary/aromatic N) is 2. The van der Waals surface area contributed by atoms with E-state index in [4.69, 9.17) is 4.74 Å². The summed E-state index contributed by atoms with van der Waals surface area (Å²) in [6.45, 7) is 2.39. The van der Waals surface area contributed by atoms with Crippen molar-refractivity contribution in [3.8, 4) is 5.75 Å². The zero-order valence-electron chi connectivity index (χ0n) is 22.4. The lowest BCUT2D eigenvalue weighted by Crippen LogP contribution is -2.50. The van der Waals surface area contributed by atoms with Gasteiger partial charge in [0, 0.05) is 38.5 Å². The van der Waals surface area contributed by atoms with Gasteiger partial charge in [-0.05, 0) is 39.9 Å². The number of amides is 1. The van der Waals surface area contributed by atoms with Crippen LogP contribution in [0, 0.1) is 0 Å². The van der Waals surface area contributed by atoms with E-state index in [1.807, 2.05) is 77.7 Å². The summed E-state index contributed by atoms with van der Waals surface area (Å²) in [5.74, 6) is 1.02. The molecule has 0 radical (unpaired) electrons. The summed E-state index contributed by atoms with van der Waals surface area (Å²) in [4.78, 5) is 18.0. The van der Waals surface area contributed by atoms with Crippen LogP contribution in [0.25, 0.3) is 0 Å². The zero-order chi connectivity index (χ0) is 27.0. The molecule has 4 aromatic rings. The molecule has 4 aromatic carbocycles. The Balaban J connectivity index is 1.31. The highest BCUT2D eigenvalue weighted by molar-refractivity contribution is 5.78. The first-order valence-corrected chi connectivity index (χ1v) is 13.6. The molecule has 1 saturated heterocycles. The minimum absolute atomic E-state index is 0.0169. The molecule has 4 nitrogen and oxygen atoms in total. The van der Waals surface area contributed by atoms with Crippen LogP contribution in [0.2, 0.25) is 0 Å². The number of alkyl halides is 1. The normalized spacial score (nSPS) is 14.8. The fourth-order valence-electron chi connectivity index (χ4n) is 5.52. The van der Waals surface area contributed by atoms with Gasteiger partial charge >= 0.3 is 0 Å². The van der Waals surface area contributed by atoms with E-state index in [1.165, 1.54) is 0 Å². The number of carbonyl (C=O) groups is 1. The number of carbonyl (C=O) groups excluding carboxylic acids is 1. The number of ether oxygens (including phenoxy) is 1. The number of halogens is 1. The Morgan fingerprint density at radius 3 is 1.72 bits per heavy atom. The number of hydrogen-bond acceptors (Lipinski definition) is 3. The first-order chi connectivity index (χ1) is 19.2. The molecule has 0 aliphatic carbocycles. The largest absolute Gasteiger partial charge is 0.497 e. The first-order valence-electron chi connectivity index (χ1n) is 13.6. The van der Waals surface area contributed by atoms with Crippen molar-refractivity contribution >= 4 is 5.91 Å². The Morgan fingerprint density at radius 1 is 0.718 bits per heavy atom. The molecule has 1 atom stereocenters. The maximum absolute atomic E-state index is 13.6. The van der Waals surface area contributed by atoms with Gasteiger partial charge in [0.2, 0.25) is 5.91 Å². The Morgan fingerprint density at radius 2 is 1.23 bits per heavy atom. The predicted molar refractivity (Wildman–Crippen MR) is 154 cm³/mol. The van der Waals surface area contributed by atoms with E-state index >= 15 is 0 Å². The molecule has 1 aliphatic heterocycles. The van der Waals surface area contributed by atoms with Crippen LogP contribution in [0.3, 0.4) is 0 Å². The SMILES string of the molecule is COc1ccc(C(c2ccc(CF)cc2)N2CCN(C(=O)CC(c3ccccc3)c3ccccc3)CC2)cc1. The summed E-state index contributed by atoms with van der Waals surface area (Å²) in [7, 11) is 1.67. The average Bonchev–Trinajstić information content (AvgIpc) is 3.02. The minimum Gasteiger partial charge on any atom is -0.497 e. The van der Waals surface area contributed by atoms with E-state index in [1.54, 1.807) is 7.11 Å². The van der Waals surface area contributed by atoms with Gasteiger partial charge in [0.25, 0.3) is 0 Å². The lowest BCUT2D eigenvalue weighted by molar-refractivity contribution is -0.133. The molecule has 0 aromatic heterocycles. The van der Waals surface area contributed by atoms with Gasteiger partial charge in [-0.1, -0.05) is 97.1 Å². The molecule has 0 N–H and O–H groups in total. The third-order valence-corrected chi connectivity index (χ3v) is 7.70. The molecule has 1 heterocycles. The van der Waals surface area contributed by atoms with Crippen LogP contribution in [0.15, 0.2) is 109 Å². The summed E-state index contributed by atoms with van der Waals surface area (Å²) in [5, 5.41) is 0. The van der Waals surface area contributed by atoms with Crippen LogP contribution < -0.4 is 4.74 Å². The standard InChI is InChI=1S/C34H35FN2O2/c1-39-31-18-16-30(17-19-31)34(29-14-12-26(25-35)13-15-29)37-22-20-36(21-23-37)33(38)24-32(27-8-4-2-5-9-27)28-10-6-3-7-11-28/h2-19,32,34H,20-25H2,1H3. The van der Waals surface area contributed by atoms with Gasteiger partial charge in [-0.2, -0.15) is 0 Å². The third-order valence-electron chi connectivity index (χ3n) is 7.70. The number of benzene rings is 4. The lowest BCUT2D eigenvalue weighted by atomic mass is 9.88. The van der Waals surface area contributed by atoms with Crippen molar-refractivity contribution < 1.29 is 13.9 Å². The van der Waals surface area contributed by atoms with Crippen molar-refractivity contribution in [3.63, 3.8) is 0 Å². The van der Waals surface area contributed by atoms with Crippen LogP contribution in [0.5, 0.6) is 5.75 Å². The molecule has 1 aliphatic rings. The lowest BCUT2D eigenvalue weighted by Gasteiger charge is -2.40. The van der Waals surface area contributed by atoms with E-state index in [2.05, 4.69) is 41.3 Å². The summed E-state index contributed by atoms with van der Waals surface area (Å²) >= 11 is 0. The van der Waals surface area contributed by atoms with Gasteiger partial charge in [-0.25, -0.2) is 4.39 Å². The molecule has 0 saturated carbocycles. The van der Waals surface area contributed by atoms with E-state index in [9.17, 15) is 9.18 Å². The molecule has 0 spiro atoms. The van der Waals surface area contributed by atoms with Crippen molar-refractivity contribution in [3.05, 3.63) is 137 Å².